The third-order valence-electron chi connectivity index (χ3n) is 4.05. The van der Waals surface area contributed by atoms with Gasteiger partial charge in [0, 0.05) is 19.4 Å². The van der Waals surface area contributed by atoms with Gasteiger partial charge in [-0.1, -0.05) is 37.6 Å². The number of hydrogen-bond acceptors (Lipinski definition) is 3. The van der Waals surface area contributed by atoms with Crippen molar-refractivity contribution in [2.75, 3.05) is 7.05 Å². The van der Waals surface area contributed by atoms with Gasteiger partial charge in [0.2, 0.25) is 5.91 Å². The first-order valence-electron chi connectivity index (χ1n) is 8.32. The molecule has 1 unspecified atom stereocenters. The lowest BCUT2D eigenvalue weighted by Gasteiger charge is -2.27. The molecule has 0 fully saturated rings. The van der Waals surface area contributed by atoms with Crippen LogP contribution in [0.25, 0.3) is 0 Å². The van der Waals surface area contributed by atoms with Crippen LogP contribution >= 0.6 is 11.6 Å². The smallest absolute Gasteiger partial charge is 0.319 e. The number of carbonyl (C=O) groups is 2. The number of nitrogens with one attached hydrogen (secondary N) is 1. The van der Waals surface area contributed by atoms with Crippen molar-refractivity contribution in [1.82, 2.24) is 19.8 Å². The number of halogens is 3. The van der Waals surface area contributed by atoms with Gasteiger partial charge < -0.3 is 10.2 Å². The maximum atomic E-state index is 12.9. The van der Waals surface area contributed by atoms with Crippen molar-refractivity contribution in [3.8, 4) is 0 Å². The monoisotopic (exact) mass is 398 g/mol. The van der Waals surface area contributed by atoms with E-state index in [1.807, 2.05) is 0 Å². The molecule has 0 radical (unpaired) electrons. The Kier molecular flexibility index (Phi) is 6.90. The average Bonchev–Trinajstić information content (AvgIpc) is 3.07. The number of nitrogens with zero attached hydrogens (tertiary/aromatic N) is 3. The Hall–Kier alpha value is -2.48. The molecule has 0 bridgehead atoms. The summed E-state index contributed by atoms with van der Waals surface area (Å²) in [5, 5.41) is 2.96. The first-order chi connectivity index (χ1) is 12.7. The molecule has 9 heteroatoms. The maximum absolute atomic E-state index is 12.9. The molecule has 6 nitrogen and oxygen atoms in total. The van der Waals surface area contributed by atoms with Crippen LogP contribution in [0.1, 0.15) is 36.6 Å². The molecule has 1 aromatic heterocycles. The minimum Gasteiger partial charge on any atom is -0.340 e. The van der Waals surface area contributed by atoms with Crippen LogP contribution in [0.4, 0.5) is 8.78 Å². The van der Waals surface area contributed by atoms with Gasteiger partial charge in [-0.25, -0.2) is 4.98 Å². The van der Waals surface area contributed by atoms with Crippen molar-refractivity contribution in [3.63, 3.8) is 0 Å². The van der Waals surface area contributed by atoms with E-state index >= 15 is 0 Å². The first kappa shape index (κ1) is 20.8. The SMILES string of the molecule is CC(C)C(NC(=O)c1ccccc1Cl)C(=O)N(C)Cc1nccn1C(F)F. The maximum Gasteiger partial charge on any atom is 0.319 e. The standard InChI is InChI=1S/C18H21ClF2N4O2/c1-11(2)15(23-16(26)12-6-4-5-7-13(12)19)17(27)24(3)10-14-22-8-9-25(14)18(20)21/h4-9,11,15,18H,10H2,1-3H3,(H,23,26). The van der Waals surface area contributed by atoms with Crippen LogP contribution in [0.3, 0.4) is 0 Å². The number of imidazole rings is 1. The lowest BCUT2D eigenvalue weighted by molar-refractivity contribution is -0.133. The minimum atomic E-state index is -2.74. The van der Waals surface area contributed by atoms with Crippen molar-refractivity contribution >= 4 is 23.4 Å². The van der Waals surface area contributed by atoms with E-state index in [0.29, 0.717) is 4.57 Å². The molecule has 2 aromatic rings. The Labute approximate surface area is 161 Å². The topological polar surface area (TPSA) is 67.2 Å². The van der Waals surface area contributed by atoms with Gasteiger partial charge in [0.05, 0.1) is 17.1 Å². The molecule has 1 aromatic carbocycles. The lowest BCUT2D eigenvalue weighted by Crippen LogP contribution is -2.50. The van der Waals surface area contributed by atoms with Gasteiger partial charge in [0.1, 0.15) is 11.9 Å². The third-order valence-corrected chi connectivity index (χ3v) is 4.38. The molecular weight excluding hydrogens is 378 g/mol. The van der Waals surface area contributed by atoms with Gasteiger partial charge >= 0.3 is 6.55 Å². The highest BCUT2D eigenvalue weighted by atomic mass is 35.5. The van der Waals surface area contributed by atoms with E-state index in [0.717, 1.165) is 6.20 Å². The summed E-state index contributed by atoms with van der Waals surface area (Å²) in [5.41, 5.74) is 0.258. The first-order valence-corrected chi connectivity index (χ1v) is 8.70. The molecule has 1 heterocycles. The number of aromatic nitrogens is 2. The lowest BCUT2D eigenvalue weighted by atomic mass is 10.0. The predicted molar refractivity (Wildman–Crippen MR) is 97.5 cm³/mol. The molecule has 1 atom stereocenters. The fourth-order valence-electron chi connectivity index (χ4n) is 2.55. The fraction of sp³-hybridized carbons (Fsp3) is 0.389. The quantitative estimate of drug-likeness (QED) is 0.777. The number of hydrogen-bond donors (Lipinski definition) is 1. The summed E-state index contributed by atoms with van der Waals surface area (Å²) in [6.45, 7) is 0.709. The van der Waals surface area contributed by atoms with Crippen molar-refractivity contribution in [3.05, 3.63) is 53.1 Å². The molecule has 0 aliphatic heterocycles. The van der Waals surface area contributed by atoms with Crippen LogP contribution in [0.5, 0.6) is 0 Å². The van der Waals surface area contributed by atoms with Crippen LogP contribution in [-0.2, 0) is 11.3 Å². The summed E-state index contributed by atoms with van der Waals surface area (Å²) < 4.78 is 26.6. The van der Waals surface area contributed by atoms with E-state index in [1.54, 1.807) is 38.1 Å². The van der Waals surface area contributed by atoms with E-state index in [9.17, 15) is 18.4 Å². The van der Waals surface area contributed by atoms with Crippen molar-refractivity contribution < 1.29 is 18.4 Å². The summed E-state index contributed by atoms with van der Waals surface area (Å²) in [6.07, 6.45) is 2.40. The molecule has 0 saturated heterocycles. The summed E-state index contributed by atoms with van der Waals surface area (Å²) in [4.78, 5) is 30.4. The Morgan fingerprint density at radius 2 is 1.96 bits per heavy atom. The highest BCUT2D eigenvalue weighted by Gasteiger charge is 2.28. The fourth-order valence-corrected chi connectivity index (χ4v) is 2.77. The number of carbonyl (C=O) groups excluding carboxylic acids is 2. The summed E-state index contributed by atoms with van der Waals surface area (Å²) in [7, 11) is 1.48. The Morgan fingerprint density at radius 1 is 1.30 bits per heavy atom. The molecule has 2 amide bonds. The van der Waals surface area contributed by atoms with Gasteiger partial charge in [-0.05, 0) is 18.1 Å². The van der Waals surface area contributed by atoms with Crippen LogP contribution in [0, 0.1) is 5.92 Å². The second kappa shape index (κ2) is 8.94. The highest BCUT2D eigenvalue weighted by Crippen LogP contribution is 2.17. The third kappa shape index (κ3) is 5.03. The molecule has 27 heavy (non-hydrogen) atoms. The van der Waals surface area contributed by atoms with Gasteiger partial charge in [-0.2, -0.15) is 8.78 Å². The summed E-state index contributed by atoms with van der Waals surface area (Å²) in [6, 6.07) is 5.67. The number of amides is 2. The number of rotatable bonds is 7. The van der Waals surface area contributed by atoms with Gasteiger partial charge in [-0.3, -0.25) is 14.2 Å². The molecule has 0 spiro atoms. The minimum absolute atomic E-state index is 0.0563. The van der Waals surface area contributed by atoms with Crippen molar-refractivity contribution in [2.24, 2.45) is 5.92 Å². The zero-order chi connectivity index (χ0) is 20.1. The van der Waals surface area contributed by atoms with E-state index in [2.05, 4.69) is 10.3 Å². The summed E-state index contributed by atoms with van der Waals surface area (Å²) in [5.74, 6) is -1.05. The van der Waals surface area contributed by atoms with Gasteiger partial charge in [-0.15, -0.1) is 0 Å². The molecule has 0 aliphatic rings. The van der Waals surface area contributed by atoms with Gasteiger partial charge in [0.25, 0.3) is 5.91 Å². The molecular formula is C18H21ClF2N4O2. The molecule has 2 rings (SSSR count). The number of benzene rings is 1. The average molecular weight is 399 g/mol. The highest BCUT2D eigenvalue weighted by molar-refractivity contribution is 6.33. The number of likely N-dealkylation sites (N-methyl/N-ethyl adjacent to an activating group) is 1. The van der Waals surface area contributed by atoms with E-state index in [4.69, 9.17) is 11.6 Å². The summed E-state index contributed by atoms with van der Waals surface area (Å²) >= 11 is 6.03. The second-order valence-electron chi connectivity index (χ2n) is 6.40. The largest absolute Gasteiger partial charge is 0.340 e. The molecule has 0 aliphatic carbocycles. The predicted octanol–water partition coefficient (Wildman–Crippen LogP) is 3.34. The van der Waals surface area contributed by atoms with E-state index < -0.39 is 24.4 Å². The Bertz CT molecular complexity index is 810. The zero-order valence-electron chi connectivity index (χ0n) is 15.2. The van der Waals surface area contributed by atoms with Crippen molar-refractivity contribution in [1.29, 1.82) is 0 Å². The Morgan fingerprint density at radius 3 is 2.56 bits per heavy atom. The number of alkyl halides is 2. The molecule has 1 N–H and O–H groups in total. The van der Waals surface area contributed by atoms with Crippen LogP contribution in [0.15, 0.2) is 36.7 Å². The molecule has 146 valence electrons. The Balaban J connectivity index is 2.13. The van der Waals surface area contributed by atoms with Crippen LogP contribution in [-0.4, -0.2) is 39.4 Å². The normalized spacial score (nSPS) is 12.3. The van der Waals surface area contributed by atoms with E-state index in [-0.39, 0.29) is 28.9 Å². The van der Waals surface area contributed by atoms with Crippen LogP contribution < -0.4 is 5.32 Å². The van der Waals surface area contributed by atoms with E-state index in [1.165, 1.54) is 18.1 Å². The van der Waals surface area contributed by atoms with Crippen LogP contribution in [0.2, 0.25) is 5.02 Å². The molecule has 0 saturated carbocycles. The second-order valence-corrected chi connectivity index (χ2v) is 6.80. The van der Waals surface area contributed by atoms with Crippen molar-refractivity contribution in [2.45, 2.75) is 33.0 Å². The zero-order valence-corrected chi connectivity index (χ0v) is 16.0. The van der Waals surface area contributed by atoms with Gasteiger partial charge in [0.15, 0.2) is 0 Å².